The maximum atomic E-state index is 13.1. The molecule has 2 aliphatic rings. The number of likely N-dealkylation sites (tertiary alicyclic amines) is 1. The zero-order valence-electron chi connectivity index (χ0n) is 15.9. The van der Waals surface area contributed by atoms with Gasteiger partial charge in [-0.1, -0.05) is 13.8 Å². The Morgan fingerprint density at radius 3 is 2.72 bits per heavy atom. The van der Waals surface area contributed by atoms with Crippen molar-refractivity contribution in [2.75, 3.05) is 32.5 Å². The molecule has 3 rings (SSSR count). The topological polar surface area (TPSA) is 61.4 Å². The van der Waals surface area contributed by atoms with E-state index < -0.39 is 0 Å². The van der Waals surface area contributed by atoms with E-state index >= 15 is 0 Å². The Morgan fingerprint density at radius 1 is 1.36 bits per heavy atom. The molecule has 1 saturated heterocycles. The first-order valence-electron chi connectivity index (χ1n) is 9.48. The first-order chi connectivity index (χ1) is 11.9. The van der Waals surface area contributed by atoms with Crippen molar-refractivity contribution in [3.63, 3.8) is 0 Å². The Morgan fingerprint density at radius 2 is 2.12 bits per heavy atom. The van der Waals surface area contributed by atoms with Gasteiger partial charge in [-0.2, -0.15) is 0 Å². The van der Waals surface area contributed by atoms with Gasteiger partial charge in [-0.3, -0.25) is 4.79 Å². The first-order valence-corrected chi connectivity index (χ1v) is 9.48. The largest absolute Gasteiger partial charge is 0.358 e. The summed E-state index contributed by atoms with van der Waals surface area (Å²) in [7, 11) is 4.17. The average molecular weight is 345 g/mol. The molecule has 1 aromatic rings. The normalized spacial score (nSPS) is 21.8. The lowest BCUT2D eigenvalue weighted by Gasteiger charge is -2.27. The fourth-order valence-electron chi connectivity index (χ4n) is 3.45. The molecule has 0 bridgehead atoms. The van der Waals surface area contributed by atoms with Gasteiger partial charge in [-0.25, -0.2) is 9.97 Å². The molecule has 6 nitrogen and oxygen atoms in total. The van der Waals surface area contributed by atoms with Crippen LogP contribution in [0.15, 0.2) is 12.3 Å². The highest BCUT2D eigenvalue weighted by molar-refractivity contribution is 5.84. The minimum Gasteiger partial charge on any atom is -0.358 e. The van der Waals surface area contributed by atoms with Gasteiger partial charge < -0.3 is 15.1 Å². The molecule has 0 spiro atoms. The van der Waals surface area contributed by atoms with Crippen molar-refractivity contribution in [3.8, 4) is 0 Å². The van der Waals surface area contributed by atoms with Crippen LogP contribution in [0.5, 0.6) is 0 Å². The van der Waals surface area contributed by atoms with Crippen LogP contribution in [-0.2, 0) is 4.79 Å². The molecule has 0 aromatic carbocycles. The smallest absolute Gasteiger partial charge is 0.245 e. The summed E-state index contributed by atoms with van der Waals surface area (Å²) >= 11 is 0. The molecule has 1 aliphatic carbocycles. The Bertz CT molecular complexity index is 599. The van der Waals surface area contributed by atoms with Crippen LogP contribution in [0.25, 0.3) is 0 Å². The van der Waals surface area contributed by atoms with Gasteiger partial charge in [0, 0.05) is 31.2 Å². The molecule has 0 radical (unpaired) electrons. The van der Waals surface area contributed by atoms with Crippen molar-refractivity contribution < 1.29 is 4.79 Å². The molecule has 6 heteroatoms. The Labute approximate surface area is 151 Å². The number of aromatic nitrogens is 2. The van der Waals surface area contributed by atoms with Gasteiger partial charge in [0.05, 0.1) is 0 Å². The van der Waals surface area contributed by atoms with Crippen molar-refractivity contribution in [1.82, 2.24) is 19.8 Å². The quantitative estimate of drug-likeness (QED) is 0.822. The maximum Gasteiger partial charge on any atom is 0.245 e. The highest BCUT2D eigenvalue weighted by atomic mass is 16.2. The molecule has 2 fully saturated rings. The van der Waals surface area contributed by atoms with E-state index in [1.54, 1.807) is 6.20 Å². The lowest BCUT2D eigenvalue weighted by atomic mass is 10.0. The second-order valence-electron chi connectivity index (χ2n) is 8.09. The van der Waals surface area contributed by atoms with Crippen LogP contribution in [0, 0.1) is 5.92 Å². The SMILES string of the molecule is CC(C)C[C@H](Nc1ccnc(C2CC2)n1)C(=O)N1CCC(N(C)C)C1. The molecule has 1 amide bonds. The summed E-state index contributed by atoms with van der Waals surface area (Å²) in [6.45, 7) is 5.97. The average Bonchev–Trinajstić information content (AvgIpc) is 3.30. The first kappa shape index (κ1) is 18.1. The van der Waals surface area contributed by atoms with Crippen molar-refractivity contribution in [2.45, 2.75) is 57.5 Å². The predicted molar refractivity (Wildman–Crippen MR) is 99.5 cm³/mol. The van der Waals surface area contributed by atoms with Crippen LogP contribution in [0.2, 0.25) is 0 Å². The van der Waals surface area contributed by atoms with Crippen LogP contribution in [0.4, 0.5) is 5.82 Å². The number of likely N-dealkylation sites (N-methyl/N-ethyl adjacent to an activating group) is 1. The molecule has 1 unspecified atom stereocenters. The predicted octanol–water partition coefficient (Wildman–Crippen LogP) is 2.34. The number of rotatable bonds is 7. The van der Waals surface area contributed by atoms with Crippen molar-refractivity contribution in [2.24, 2.45) is 5.92 Å². The lowest BCUT2D eigenvalue weighted by Crippen LogP contribution is -2.44. The zero-order valence-corrected chi connectivity index (χ0v) is 15.9. The minimum absolute atomic E-state index is 0.199. The standard InChI is InChI=1S/C19H31N5O/c1-13(2)11-16(19(25)24-10-8-15(12-24)23(3)4)21-17-7-9-20-18(22-17)14-5-6-14/h7,9,13-16H,5-6,8,10-12H2,1-4H3,(H,20,21,22)/t15?,16-/m0/s1. The van der Waals surface area contributed by atoms with E-state index in [2.05, 4.69) is 48.1 Å². The monoisotopic (exact) mass is 345 g/mol. The van der Waals surface area contributed by atoms with E-state index in [1.807, 2.05) is 11.0 Å². The molecule has 25 heavy (non-hydrogen) atoms. The Balaban J connectivity index is 1.68. The van der Waals surface area contributed by atoms with Crippen molar-refractivity contribution >= 4 is 11.7 Å². The molecule has 1 saturated carbocycles. The summed E-state index contributed by atoms with van der Waals surface area (Å²) in [5.74, 6) is 2.84. The Kier molecular flexibility index (Phi) is 5.57. The number of carbonyl (C=O) groups excluding carboxylic acids is 1. The Hall–Kier alpha value is -1.69. The van der Waals surface area contributed by atoms with Crippen LogP contribution >= 0.6 is 0 Å². The third-order valence-electron chi connectivity index (χ3n) is 5.15. The van der Waals surface area contributed by atoms with E-state index in [0.29, 0.717) is 17.9 Å². The molecule has 2 heterocycles. The zero-order chi connectivity index (χ0) is 18.0. The highest BCUT2D eigenvalue weighted by Crippen LogP contribution is 2.38. The van der Waals surface area contributed by atoms with Gasteiger partial charge in [-0.05, 0) is 51.8 Å². The fraction of sp³-hybridized carbons (Fsp3) is 0.737. The summed E-state index contributed by atoms with van der Waals surface area (Å²) in [4.78, 5) is 26.3. The number of amides is 1. The minimum atomic E-state index is -0.220. The van der Waals surface area contributed by atoms with E-state index in [9.17, 15) is 4.79 Å². The van der Waals surface area contributed by atoms with Gasteiger partial charge in [0.1, 0.15) is 17.7 Å². The summed E-state index contributed by atoms with van der Waals surface area (Å²) in [6.07, 6.45) is 6.02. The third-order valence-corrected chi connectivity index (χ3v) is 5.15. The number of carbonyl (C=O) groups is 1. The molecule has 1 aromatic heterocycles. The molecular formula is C19H31N5O. The van der Waals surface area contributed by atoms with Crippen LogP contribution in [0.3, 0.4) is 0 Å². The number of hydrogen-bond acceptors (Lipinski definition) is 5. The number of anilines is 1. The summed E-state index contributed by atoms with van der Waals surface area (Å²) in [6, 6.07) is 2.12. The lowest BCUT2D eigenvalue weighted by molar-refractivity contribution is -0.131. The van der Waals surface area contributed by atoms with E-state index in [4.69, 9.17) is 0 Å². The fourth-order valence-corrected chi connectivity index (χ4v) is 3.45. The molecule has 1 N–H and O–H groups in total. The van der Waals surface area contributed by atoms with Crippen LogP contribution < -0.4 is 5.32 Å². The van der Waals surface area contributed by atoms with E-state index in [0.717, 1.165) is 37.6 Å². The van der Waals surface area contributed by atoms with E-state index in [-0.39, 0.29) is 11.9 Å². The molecule has 2 atom stereocenters. The molecule has 138 valence electrons. The number of hydrogen-bond donors (Lipinski definition) is 1. The summed E-state index contributed by atoms with van der Waals surface area (Å²) in [5.41, 5.74) is 0. The van der Waals surface area contributed by atoms with Gasteiger partial charge in [0.15, 0.2) is 0 Å². The second-order valence-corrected chi connectivity index (χ2v) is 8.09. The van der Waals surface area contributed by atoms with Gasteiger partial charge in [0.2, 0.25) is 5.91 Å². The van der Waals surface area contributed by atoms with Gasteiger partial charge >= 0.3 is 0 Å². The summed E-state index contributed by atoms with van der Waals surface area (Å²) < 4.78 is 0. The highest BCUT2D eigenvalue weighted by Gasteiger charge is 2.32. The van der Waals surface area contributed by atoms with Gasteiger partial charge in [0.25, 0.3) is 0 Å². The van der Waals surface area contributed by atoms with Gasteiger partial charge in [-0.15, -0.1) is 0 Å². The molecular weight excluding hydrogens is 314 g/mol. The maximum absolute atomic E-state index is 13.1. The number of nitrogens with one attached hydrogen (secondary N) is 1. The molecule has 1 aliphatic heterocycles. The van der Waals surface area contributed by atoms with E-state index in [1.165, 1.54) is 12.8 Å². The number of nitrogens with zero attached hydrogens (tertiary/aromatic N) is 4. The van der Waals surface area contributed by atoms with Crippen LogP contribution in [0.1, 0.15) is 51.3 Å². The third kappa shape index (κ3) is 4.69. The van der Waals surface area contributed by atoms with Crippen molar-refractivity contribution in [3.05, 3.63) is 18.1 Å². The van der Waals surface area contributed by atoms with Crippen molar-refractivity contribution in [1.29, 1.82) is 0 Å². The summed E-state index contributed by atoms with van der Waals surface area (Å²) in [5, 5.41) is 3.40. The second kappa shape index (κ2) is 7.68. The van der Waals surface area contributed by atoms with Crippen LogP contribution in [-0.4, -0.2) is 64.9 Å².